The second-order valence-corrected chi connectivity index (χ2v) is 6.01. The van der Waals surface area contributed by atoms with Gasteiger partial charge in [0.15, 0.2) is 5.96 Å². The molecule has 0 aliphatic carbocycles. The number of aliphatic hydroxyl groups is 1. The fourth-order valence-corrected chi connectivity index (χ4v) is 2.75. The number of aliphatic imine (C=N–C) groups is 1. The van der Waals surface area contributed by atoms with Gasteiger partial charge in [-0.05, 0) is 31.4 Å². The number of ether oxygens (including phenoxy) is 1. The van der Waals surface area contributed by atoms with Crippen molar-refractivity contribution in [2.75, 3.05) is 32.9 Å². The Balaban J connectivity index is 0.00000264. The highest BCUT2D eigenvalue weighted by Gasteiger charge is 2.34. The number of aromatic nitrogens is 1. The number of rotatable bonds is 7. The average molecular weight is 436 g/mol. The largest absolute Gasteiger partial charge is 0.396 e. The van der Waals surface area contributed by atoms with Crippen LogP contribution in [0.4, 0.5) is 0 Å². The first-order valence-corrected chi connectivity index (χ1v) is 7.99. The summed E-state index contributed by atoms with van der Waals surface area (Å²) in [5, 5.41) is 16.0. The molecule has 1 unspecified atom stereocenters. The van der Waals surface area contributed by atoms with Crippen molar-refractivity contribution in [3.8, 4) is 0 Å². The fraction of sp³-hybridized carbons (Fsp3) is 0.688. The lowest BCUT2D eigenvalue weighted by Gasteiger charge is -2.27. The molecule has 1 fully saturated rings. The van der Waals surface area contributed by atoms with Crippen LogP contribution in [0.1, 0.15) is 25.3 Å². The van der Waals surface area contributed by atoms with Crippen LogP contribution < -0.4 is 10.6 Å². The van der Waals surface area contributed by atoms with E-state index in [9.17, 15) is 5.11 Å². The summed E-state index contributed by atoms with van der Waals surface area (Å²) in [4.78, 5) is 4.63. The van der Waals surface area contributed by atoms with Gasteiger partial charge in [0.05, 0.1) is 13.2 Å². The number of aliphatic hydroxyl groups excluding tert-OH is 1. The highest BCUT2D eigenvalue weighted by atomic mass is 127. The van der Waals surface area contributed by atoms with Crippen LogP contribution in [0, 0.1) is 5.41 Å². The highest BCUT2D eigenvalue weighted by molar-refractivity contribution is 14.0. The zero-order chi connectivity index (χ0) is 15.8. The zero-order valence-electron chi connectivity index (χ0n) is 14.0. The highest BCUT2D eigenvalue weighted by Crippen LogP contribution is 2.31. The molecule has 0 radical (unpaired) electrons. The van der Waals surface area contributed by atoms with E-state index in [1.165, 1.54) is 5.56 Å². The Morgan fingerprint density at radius 3 is 2.87 bits per heavy atom. The standard InChI is InChI=1S/C16H28N4O2.HI/c1-3-17-15(18-10-14-4-7-20(2)11-14)19-12-16(5-8-21)6-9-22-13-16;/h4,7,11,21H,3,5-6,8-10,12-13H2,1-2H3,(H2,17,18,19);1H. The predicted molar refractivity (Wildman–Crippen MR) is 103 cm³/mol. The molecule has 2 rings (SSSR count). The maximum Gasteiger partial charge on any atom is 0.191 e. The van der Waals surface area contributed by atoms with Crippen molar-refractivity contribution in [3.63, 3.8) is 0 Å². The lowest BCUT2D eigenvalue weighted by Crippen LogP contribution is -2.44. The van der Waals surface area contributed by atoms with Gasteiger partial charge in [-0.3, -0.25) is 0 Å². The Kier molecular flexibility index (Phi) is 8.93. The molecule has 1 aliphatic heterocycles. The Bertz CT molecular complexity index is 484. The molecular weight excluding hydrogens is 407 g/mol. The van der Waals surface area contributed by atoms with Gasteiger partial charge in [-0.15, -0.1) is 24.0 Å². The topological polar surface area (TPSA) is 70.8 Å². The predicted octanol–water partition coefficient (Wildman–Crippen LogP) is 1.49. The summed E-state index contributed by atoms with van der Waals surface area (Å²) in [6.07, 6.45) is 5.85. The molecule has 1 aromatic heterocycles. The second kappa shape index (κ2) is 10.1. The van der Waals surface area contributed by atoms with Gasteiger partial charge in [0.1, 0.15) is 0 Å². The first kappa shape index (κ1) is 20.2. The fourth-order valence-electron chi connectivity index (χ4n) is 2.75. The molecule has 6 nitrogen and oxygen atoms in total. The summed E-state index contributed by atoms with van der Waals surface area (Å²) in [6.45, 7) is 5.99. The molecule has 132 valence electrons. The Morgan fingerprint density at radius 2 is 2.30 bits per heavy atom. The average Bonchev–Trinajstić information content (AvgIpc) is 3.12. The third-order valence-electron chi connectivity index (χ3n) is 4.12. The third kappa shape index (κ3) is 6.31. The van der Waals surface area contributed by atoms with Crippen molar-refractivity contribution >= 4 is 29.9 Å². The summed E-state index contributed by atoms with van der Waals surface area (Å²) < 4.78 is 7.55. The minimum Gasteiger partial charge on any atom is -0.396 e. The van der Waals surface area contributed by atoms with E-state index in [2.05, 4.69) is 34.8 Å². The summed E-state index contributed by atoms with van der Waals surface area (Å²) in [7, 11) is 2.01. The molecule has 1 aromatic rings. The van der Waals surface area contributed by atoms with Gasteiger partial charge in [0.2, 0.25) is 0 Å². The first-order valence-electron chi connectivity index (χ1n) is 7.99. The van der Waals surface area contributed by atoms with E-state index < -0.39 is 0 Å². The van der Waals surface area contributed by atoms with E-state index in [0.29, 0.717) is 13.2 Å². The number of nitrogens with one attached hydrogen (secondary N) is 2. The van der Waals surface area contributed by atoms with Crippen molar-refractivity contribution in [3.05, 3.63) is 24.0 Å². The van der Waals surface area contributed by atoms with Gasteiger partial charge in [-0.25, -0.2) is 4.99 Å². The van der Waals surface area contributed by atoms with Crippen LogP contribution in [0.5, 0.6) is 0 Å². The quantitative estimate of drug-likeness (QED) is 0.344. The van der Waals surface area contributed by atoms with E-state index in [0.717, 1.165) is 38.5 Å². The monoisotopic (exact) mass is 436 g/mol. The van der Waals surface area contributed by atoms with Crippen LogP contribution in [0.2, 0.25) is 0 Å². The van der Waals surface area contributed by atoms with Gasteiger partial charge in [0, 0.05) is 51.2 Å². The lowest BCUT2D eigenvalue weighted by molar-refractivity contribution is 0.127. The SMILES string of the molecule is CCNC(=NCc1ccn(C)c1)NCC1(CCO)CCOC1.I. The van der Waals surface area contributed by atoms with Crippen LogP contribution in [0.3, 0.4) is 0 Å². The Hall–Kier alpha value is -0.800. The van der Waals surface area contributed by atoms with Crippen molar-refractivity contribution in [2.45, 2.75) is 26.3 Å². The molecule has 7 heteroatoms. The number of hydrogen-bond acceptors (Lipinski definition) is 3. The van der Waals surface area contributed by atoms with Crippen LogP contribution in [0.25, 0.3) is 0 Å². The summed E-state index contributed by atoms with van der Waals surface area (Å²) in [6, 6.07) is 2.07. The normalized spacial score (nSPS) is 21.1. The molecule has 0 spiro atoms. The van der Waals surface area contributed by atoms with E-state index in [1.54, 1.807) is 0 Å². The van der Waals surface area contributed by atoms with Crippen molar-refractivity contribution in [1.82, 2.24) is 15.2 Å². The maximum atomic E-state index is 9.28. The molecule has 1 atom stereocenters. The van der Waals surface area contributed by atoms with Gasteiger partial charge < -0.3 is 25.0 Å². The van der Waals surface area contributed by atoms with Crippen LogP contribution in [0.15, 0.2) is 23.5 Å². The Morgan fingerprint density at radius 1 is 1.48 bits per heavy atom. The van der Waals surface area contributed by atoms with Crippen LogP contribution in [-0.4, -0.2) is 48.5 Å². The minimum atomic E-state index is 0. The molecule has 3 N–H and O–H groups in total. The molecule has 1 aliphatic rings. The second-order valence-electron chi connectivity index (χ2n) is 6.01. The Labute approximate surface area is 155 Å². The molecule has 1 saturated heterocycles. The summed E-state index contributed by atoms with van der Waals surface area (Å²) in [5.74, 6) is 0.815. The lowest BCUT2D eigenvalue weighted by atomic mass is 9.84. The number of guanidine groups is 1. The van der Waals surface area contributed by atoms with Crippen LogP contribution >= 0.6 is 24.0 Å². The number of hydrogen-bond donors (Lipinski definition) is 3. The van der Waals surface area contributed by atoms with Crippen LogP contribution in [-0.2, 0) is 18.3 Å². The molecule has 0 amide bonds. The number of aryl methyl sites for hydroxylation is 1. The summed E-state index contributed by atoms with van der Waals surface area (Å²) in [5.41, 5.74) is 1.21. The van der Waals surface area contributed by atoms with Crippen molar-refractivity contribution < 1.29 is 9.84 Å². The van der Waals surface area contributed by atoms with Crippen molar-refractivity contribution in [1.29, 1.82) is 0 Å². The first-order chi connectivity index (χ1) is 10.7. The van der Waals surface area contributed by atoms with Gasteiger partial charge in [0.25, 0.3) is 0 Å². The van der Waals surface area contributed by atoms with Gasteiger partial charge in [-0.2, -0.15) is 0 Å². The molecule has 0 saturated carbocycles. The maximum absolute atomic E-state index is 9.28. The van der Waals surface area contributed by atoms with Gasteiger partial charge in [-0.1, -0.05) is 0 Å². The number of nitrogens with zero attached hydrogens (tertiary/aromatic N) is 2. The smallest absolute Gasteiger partial charge is 0.191 e. The van der Waals surface area contributed by atoms with E-state index in [1.807, 2.05) is 17.8 Å². The van der Waals surface area contributed by atoms with Gasteiger partial charge >= 0.3 is 0 Å². The van der Waals surface area contributed by atoms with E-state index in [-0.39, 0.29) is 36.0 Å². The van der Waals surface area contributed by atoms with E-state index >= 15 is 0 Å². The number of halogens is 1. The van der Waals surface area contributed by atoms with E-state index in [4.69, 9.17) is 4.74 Å². The minimum absolute atomic E-state index is 0. The third-order valence-corrected chi connectivity index (χ3v) is 4.12. The molecular formula is C16H29IN4O2. The molecule has 0 bridgehead atoms. The summed E-state index contributed by atoms with van der Waals surface area (Å²) >= 11 is 0. The molecule has 23 heavy (non-hydrogen) atoms. The zero-order valence-corrected chi connectivity index (χ0v) is 16.4. The van der Waals surface area contributed by atoms with Crippen molar-refractivity contribution in [2.24, 2.45) is 17.5 Å². The molecule has 2 heterocycles. The molecule has 0 aromatic carbocycles.